The molecule has 1 aliphatic heterocycles. The van der Waals surface area contributed by atoms with Crippen LogP contribution in [0.5, 0.6) is 0 Å². The summed E-state index contributed by atoms with van der Waals surface area (Å²) in [6.45, 7) is 5.04. The number of carbonyl (C=O) groups excluding carboxylic acids is 2. The van der Waals surface area contributed by atoms with Gasteiger partial charge in [0.15, 0.2) is 0 Å². The number of aromatic nitrogens is 2. The molecule has 28 heavy (non-hydrogen) atoms. The van der Waals surface area contributed by atoms with Gasteiger partial charge >= 0.3 is 0 Å². The predicted octanol–water partition coefficient (Wildman–Crippen LogP) is 2.52. The Balaban J connectivity index is 1.42. The lowest BCUT2D eigenvalue weighted by atomic mass is 10.1. The minimum absolute atomic E-state index is 0.0898. The van der Waals surface area contributed by atoms with Gasteiger partial charge in [-0.2, -0.15) is 0 Å². The predicted molar refractivity (Wildman–Crippen MR) is 107 cm³/mol. The molecule has 1 fully saturated rings. The largest absolute Gasteiger partial charge is 0.346 e. The average molecular weight is 376 g/mol. The summed E-state index contributed by atoms with van der Waals surface area (Å²) in [5, 5.41) is 3.03. The molecule has 2 amide bonds. The highest BCUT2D eigenvalue weighted by Crippen LogP contribution is 2.16. The fourth-order valence-corrected chi connectivity index (χ4v) is 3.79. The standard InChI is InChI=1S/C22H24N4O2/c1-15-8-9-19-23-16(2)21(26(19)13-15)22(28)24-18-12-20(27)25(14-18)11-10-17-6-4-3-5-7-17/h3-9,13,18H,10-12,14H2,1-2H3,(H,24,28)/t18-/m1/s1. The van der Waals surface area contributed by atoms with E-state index in [0.717, 1.165) is 17.6 Å². The number of nitrogens with one attached hydrogen (secondary N) is 1. The van der Waals surface area contributed by atoms with Gasteiger partial charge in [0.25, 0.3) is 5.91 Å². The number of hydrogen-bond donors (Lipinski definition) is 1. The van der Waals surface area contributed by atoms with Crippen LogP contribution in [0, 0.1) is 13.8 Å². The maximum atomic E-state index is 12.9. The van der Waals surface area contributed by atoms with Crippen molar-refractivity contribution in [1.82, 2.24) is 19.6 Å². The number of carbonyl (C=O) groups is 2. The molecule has 3 aromatic rings. The van der Waals surface area contributed by atoms with E-state index >= 15 is 0 Å². The number of nitrogens with zero attached hydrogens (tertiary/aromatic N) is 3. The van der Waals surface area contributed by atoms with Gasteiger partial charge in [0.1, 0.15) is 11.3 Å². The lowest BCUT2D eigenvalue weighted by Gasteiger charge is -2.17. The lowest BCUT2D eigenvalue weighted by Crippen LogP contribution is -2.38. The van der Waals surface area contributed by atoms with E-state index in [-0.39, 0.29) is 17.9 Å². The first-order valence-electron chi connectivity index (χ1n) is 9.59. The molecular weight excluding hydrogens is 352 g/mol. The van der Waals surface area contributed by atoms with Crippen molar-refractivity contribution < 1.29 is 9.59 Å². The molecule has 6 heteroatoms. The Bertz CT molecular complexity index is 1030. The molecule has 0 unspecified atom stereocenters. The topological polar surface area (TPSA) is 66.7 Å². The van der Waals surface area contributed by atoms with Crippen LogP contribution in [0.25, 0.3) is 5.65 Å². The summed E-state index contributed by atoms with van der Waals surface area (Å²) >= 11 is 0. The first kappa shape index (κ1) is 18.2. The Morgan fingerprint density at radius 2 is 1.96 bits per heavy atom. The van der Waals surface area contributed by atoms with Gasteiger partial charge in [-0.25, -0.2) is 4.98 Å². The zero-order valence-corrected chi connectivity index (χ0v) is 16.2. The second kappa shape index (κ2) is 7.46. The lowest BCUT2D eigenvalue weighted by molar-refractivity contribution is -0.127. The third-order valence-electron chi connectivity index (χ3n) is 5.22. The molecule has 144 valence electrons. The number of imidazole rings is 1. The van der Waals surface area contributed by atoms with Gasteiger partial charge in [0.2, 0.25) is 5.91 Å². The van der Waals surface area contributed by atoms with Crippen LogP contribution in [0.15, 0.2) is 48.7 Å². The first-order chi connectivity index (χ1) is 13.5. The molecule has 0 aliphatic carbocycles. The first-order valence-corrected chi connectivity index (χ1v) is 9.59. The second-order valence-electron chi connectivity index (χ2n) is 7.43. The molecule has 1 aromatic carbocycles. The fourth-order valence-electron chi connectivity index (χ4n) is 3.79. The van der Waals surface area contributed by atoms with E-state index in [1.807, 2.05) is 59.7 Å². The van der Waals surface area contributed by atoms with Crippen LogP contribution < -0.4 is 5.32 Å². The van der Waals surface area contributed by atoms with Gasteiger partial charge < -0.3 is 10.2 Å². The minimum Gasteiger partial charge on any atom is -0.346 e. The Labute approximate surface area is 164 Å². The molecule has 1 atom stereocenters. The molecule has 0 radical (unpaired) electrons. The highest BCUT2D eigenvalue weighted by molar-refractivity contribution is 5.95. The van der Waals surface area contributed by atoms with Crippen LogP contribution in [0.1, 0.15) is 33.7 Å². The molecule has 0 bridgehead atoms. The third kappa shape index (κ3) is 3.63. The molecule has 4 rings (SSSR count). The molecular formula is C22H24N4O2. The zero-order chi connectivity index (χ0) is 19.7. The van der Waals surface area contributed by atoms with E-state index in [1.54, 1.807) is 0 Å². The summed E-state index contributed by atoms with van der Waals surface area (Å²) in [7, 11) is 0. The Morgan fingerprint density at radius 1 is 1.18 bits per heavy atom. The van der Waals surface area contributed by atoms with Crippen LogP contribution in [-0.4, -0.2) is 45.2 Å². The summed E-state index contributed by atoms with van der Waals surface area (Å²) in [6.07, 6.45) is 3.07. The average Bonchev–Trinajstić information content (AvgIpc) is 3.18. The molecule has 1 aliphatic rings. The number of aryl methyl sites for hydroxylation is 2. The Kier molecular flexibility index (Phi) is 4.86. The number of benzene rings is 1. The SMILES string of the molecule is Cc1ccc2nc(C)c(C(=O)N[C@@H]3CC(=O)N(CCc4ccccc4)C3)n2c1. The molecule has 1 N–H and O–H groups in total. The van der Waals surface area contributed by atoms with E-state index in [1.165, 1.54) is 5.56 Å². The molecule has 0 spiro atoms. The summed E-state index contributed by atoms with van der Waals surface area (Å²) < 4.78 is 1.82. The maximum Gasteiger partial charge on any atom is 0.270 e. The number of hydrogen-bond acceptors (Lipinski definition) is 3. The van der Waals surface area contributed by atoms with E-state index in [4.69, 9.17) is 0 Å². The van der Waals surface area contributed by atoms with Gasteiger partial charge in [-0.05, 0) is 37.5 Å². The quantitative estimate of drug-likeness (QED) is 0.744. The Hall–Kier alpha value is -3.15. The number of likely N-dealkylation sites (tertiary alicyclic amines) is 1. The molecule has 3 heterocycles. The van der Waals surface area contributed by atoms with Crippen LogP contribution in [0.4, 0.5) is 0 Å². The van der Waals surface area contributed by atoms with Crippen molar-refractivity contribution in [3.05, 3.63) is 71.2 Å². The van der Waals surface area contributed by atoms with E-state index in [2.05, 4.69) is 22.4 Å². The summed E-state index contributed by atoms with van der Waals surface area (Å²) in [4.78, 5) is 31.6. The van der Waals surface area contributed by atoms with Crippen molar-refractivity contribution in [1.29, 1.82) is 0 Å². The van der Waals surface area contributed by atoms with Crippen molar-refractivity contribution in [3.8, 4) is 0 Å². The number of pyridine rings is 1. The maximum absolute atomic E-state index is 12.9. The van der Waals surface area contributed by atoms with Crippen LogP contribution in [-0.2, 0) is 11.2 Å². The van der Waals surface area contributed by atoms with Crippen molar-refractivity contribution >= 4 is 17.5 Å². The van der Waals surface area contributed by atoms with E-state index in [9.17, 15) is 9.59 Å². The van der Waals surface area contributed by atoms with Crippen molar-refractivity contribution in [2.75, 3.05) is 13.1 Å². The van der Waals surface area contributed by atoms with Gasteiger partial charge in [-0.1, -0.05) is 36.4 Å². The van der Waals surface area contributed by atoms with E-state index in [0.29, 0.717) is 30.9 Å². The number of amides is 2. The van der Waals surface area contributed by atoms with Crippen molar-refractivity contribution in [2.45, 2.75) is 32.7 Å². The van der Waals surface area contributed by atoms with Crippen LogP contribution in [0.3, 0.4) is 0 Å². The summed E-state index contributed by atoms with van der Waals surface area (Å²) in [5.74, 6) is -0.0924. The van der Waals surface area contributed by atoms with Crippen molar-refractivity contribution in [2.24, 2.45) is 0 Å². The fraction of sp³-hybridized carbons (Fsp3) is 0.318. The van der Waals surface area contributed by atoms with Gasteiger partial charge in [-0.3, -0.25) is 14.0 Å². The monoisotopic (exact) mass is 376 g/mol. The highest BCUT2D eigenvalue weighted by atomic mass is 16.2. The molecule has 0 saturated carbocycles. The summed E-state index contributed by atoms with van der Waals surface area (Å²) in [5.41, 5.74) is 4.24. The second-order valence-corrected chi connectivity index (χ2v) is 7.43. The number of rotatable bonds is 5. The molecule has 1 saturated heterocycles. The van der Waals surface area contributed by atoms with Crippen molar-refractivity contribution in [3.63, 3.8) is 0 Å². The normalized spacial score (nSPS) is 16.7. The van der Waals surface area contributed by atoms with Gasteiger partial charge in [-0.15, -0.1) is 0 Å². The molecule has 2 aromatic heterocycles. The van der Waals surface area contributed by atoms with Gasteiger partial charge in [0.05, 0.1) is 11.7 Å². The number of fused-ring (bicyclic) bond motifs is 1. The zero-order valence-electron chi connectivity index (χ0n) is 16.2. The van der Waals surface area contributed by atoms with Crippen LogP contribution in [0.2, 0.25) is 0 Å². The van der Waals surface area contributed by atoms with Gasteiger partial charge in [0, 0.05) is 25.7 Å². The minimum atomic E-state index is -0.182. The summed E-state index contributed by atoms with van der Waals surface area (Å²) in [6, 6.07) is 13.8. The smallest absolute Gasteiger partial charge is 0.270 e. The highest BCUT2D eigenvalue weighted by Gasteiger charge is 2.31. The Morgan fingerprint density at radius 3 is 2.75 bits per heavy atom. The molecule has 6 nitrogen and oxygen atoms in total. The van der Waals surface area contributed by atoms with Crippen LogP contribution >= 0.6 is 0 Å². The van der Waals surface area contributed by atoms with E-state index < -0.39 is 0 Å². The third-order valence-corrected chi connectivity index (χ3v) is 5.22.